The van der Waals surface area contributed by atoms with Gasteiger partial charge in [0.25, 0.3) is 0 Å². The van der Waals surface area contributed by atoms with Crippen LogP contribution in [0, 0.1) is 0 Å². The highest BCUT2D eigenvalue weighted by molar-refractivity contribution is 8.01. The number of thiophene rings is 1. The smallest absolute Gasteiger partial charge is 0.188 e. The van der Waals surface area contributed by atoms with Crippen LogP contribution >= 0.6 is 23.1 Å². The number of carbonyl (C=O) groups is 1. The van der Waals surface area contributed by atoms with Crippen LogP contribution in [0.15, 0.2) is 6.07 Å². The number of hydrogen-bond donors (Lipinski definition) is 0. The van der Waals surface area contributed by atoms with E-state index in [0.717, 1.165) is 17.1 Å². The van der Waals surface area contributed by atoms with Gasteiger partial charge in [-0.1, -0.05) is 0 Å². The molecule has 3 heteroatoms. The summed E-state index contributed by atoms with van der Waals surface area (Å²) in [6, 6.07) is 2.17. The number of Topliss-reactive ketones (excluding diaryl/α,β-unsaturated/α-hetero) is 1. The van der Waals surface area contributed by atoms with E-state index in [9.17, 15) is 4.79 Å². The molecule has 2 heterocycles. The molecule has 86 valence electrons. The van der Waals surface area contributed by atoms with Gasteiger partial charge >= 0.3 is 0 Å². The molecule has 3 rings (SSSR count). The Morgan fingerprint density at radius 2 is 2.25 bits per heavy atom. The molecule has 1 aliphatic carbocycles. The summed E-state index contributed by atoms with van der Waals surface area (Å²) >= 11 is 3.60. The number of rotatable bonds is 2. The Labute approximate surface area is 105 Å². The lowest BCUT2D eigenvalue weighted by atomic mass is 9.99. The average Bonchev–Trinajstić information content (AvgIpc) is 2.90. The molecular formula is C13H16OS2. The van der Waals surface area contributed by atoms with Crippen LogP contribution < -0.4 is 0 Å². The quantitative estimate of drug-likeness (QED) is 0.746. The van der Waals surface area contributed by atoms with Gasteiger partial charge in [-0.15, -0.1) is 23.1 Å². The molecule has 16 heavy (non-hydrogen) atoms. The van der Waals surface area contributed by atoms with E-state index in [2.05, 4.69) is 13.0 Å². The molecule has 0 bridgehead atoms. The molecule has 1 fully saturated rings. The van der Waals surface area contributed by atoms with Crippen LogP contribution in [0.3, 0.4) is 0 Å². The third kappa shape index (κ3) is 1.65. The van der Waals surface area contributed by atoms with Crippen molar-refractivity contribution >= 4 is 28.9 Å². The maximum absolute atomic E-state index is 12.5. The van der Waals surface area contributed by atoms with Crippen LogP contribution in [0.25, 0.3) is 0 Å². The molecule has 1 saturated heterocycles. The highest BCUT2D eigenvalue weighted by atomic mass is 32.2. The normalized spacial score (nSPS) is 28.3. The number of fused-ring (bicyclic) bond motifs is 1. The molecule has 0 aromatic carbocycles. The first-order valence-corrected chi connectivity index (χ1v) is 7.80. The number of carbonyl (C=O) groups excluding carboxylic acids is 1. The minimum atomic E-state index is -0.126. The van der Waals surface area contributed by atoms with E-state index in [4.69, 9.17) is 0 Å². The van der Waals surface area contributed by atoms with Gasteiger partial charge in [0, 0.05) is 4.88 Å². The molecule has 1 aromatic rings. The summed E-state index contributed by atoms with van der Waals surface area (Å²) in [5, 5.41) is 0. The summed E-state index contributed by atoms with van der Waals surface area (Å²) in [4.78, 5) is 14.9. The van der Waals surface area contributed by atoms with Crippen LogP contribution in [-0.4, -0.2) is 16.3 Å². The molecule has 1 atom stereocenters. The molecule has 1 aliphatic heterocycles. The maximum atomic E-state index is 12.5. The Kier molecular flexibility index (Phi) is 2.63. The lowest BCUT2D eigenvalue weighted by Crippen LogP contribution is -2.27. The second-order valence-corrected chi connectivity index (χ2v) is 7.66. The Hall–Kier alpha value is -0.280. The van der Waals surface area contributed by atoms with Crippen LogP contribution in [0.4, 0.5) is 0 Å². The second kappa shape index (κ2) is 3.88. The number of ketones is 1. The van der Waals surface area contributed by atoms with Crippen LogP contribution in [0.2, 0.25) is 0 Å². The van der Waals surface area contributed by atoms with Gasteiger partial charge in [0.05, 0.1) is 9.62 Å². The van der Waals surface area contributed by atoms with E-state index in [0.29, 0.717) is 5.78 Å². The maximum Gasteiger partial charge on any atom is 0.188 e. The lowest BCUT2D eigenvalue weighted by molar-refractivity contribution is 0.0953. The predicted octanol–water partition coefficient (Wildman–Crippen LogP) is 3.71. The van der Waals surface area contributed by atoms with Gasteiger partial charge in [0.15, 0.2) is 5.78 Å². The SMILES string of the molecule is CC1(C(=O)c2cc3c(s2)CCC3)CCCS1. The second-order valence-electron chi connectivity index (χ2n) is 4.92. The Balaban J connectivity index is 1.89. The third-order valence-corrected chi connectivity index (χ3v) is 6.42. The minimum Gasteiger partial charge on any atom is -0.292 e. The zero-order valence-corrected chi connectivity index (χ0v) is 11.2. The minimum absolute atomic E-state index is 0.126. The van der Waals surface area contributed by atoms with E-state index in [1.807, 2.05) is 11.8 Å². The molecule has 0 N–H and O–H groups in total. The number of hydrogen-bond acceptors (Lipinski definition) is 3. The van der Waals surface area contributed by atoms with Crippen molar-refractivity contribution in [1.82, 2.24) is 0 Å². The summed E-state index contributed by atoms with van der Waals surface area (Å²) in [5.41, 5.74) is 1.44. The lowest BCUT2D eigenvalue weighted by Gasteiger charge is -2.19. The predicted molar refractivity (Wildman–Crippen MR) is 70.8 cm³/mol. The van der Waals surface area contributed by atoms with Crippen molar-refractivity contribution in [3.8, 4) is 0 Å². The fourth-order valence-corrected chi connectivity index (χ4v) is 5.32. The van der Waals surface area contributed by atoms with Crippen molar-refractivity contribution in [2.75, 3.05) is 5.75 Å². The molecule has 0 radical (unpaired) electrons. The van der Waals surface area contributed by atoms with Gasteiger partial charge in [-0.2, -0.15) is 0 Å². The molecule has 0 spiro atoms. The van der Waals surface area contributed by atoms with Gasteiger partial charge in [-0.25, -0.2) is 0 Å². The highest BCUT2D eigenvalue weighted by Crippen LogP contribution is 2.42. The van der Waals surface area contributed by atoms with E-state index in [1.54, 1.807) is 11.3 Å². The van der Waals surface area contributed by atoms with Crippen molar-refractivity contribution in [3.05, 3.63) is 21.4 Å². The van der Waals surface area contributed by atoms with Gasteiger partial charge in [0.1, 0.15) is 0 Å². The summed E-state index contributed by atoms with van der Waals surface area (Å²) in [5.74, 6) is 1.53. The zero-order valence-electron chi connectivity index (χ0n) is 9.54. The van der Waals surface area contributed by atoms with E-state index < -0.39 is 0 Å². The van der Waals surface area contributed by atoms with Gasteiger partial charge in [-0.3, -0.25) is 4.79 Å². The van der Waals surface area contributed by atoms with Gasteiger partial charge < -0.3 is 0 Å². The Morgan fingerprint density at radius 1 is 1.38 bits per heavy atom. The summed E-state index contributed by atoms with van der Waals surface area (Å²) < 4.78 is -0.126. The Morgan fingerprint density at radius 3 is 2.94 bits per heavy atom. The summed E-state index contributed by atoms with van der Waals surface area (Å²) in [6.07, 6.45) is 5.90. The van der Waals surface area contributed by atoms with Crippen molar-refractivity contribution in [2.24, 2.45) is 0 Å². The fourth-order valence-electron chi connectivity index (χ4n) is 2.66. The highest BCUT2D eigenvalue weighted by Gasteiger charge is 2.38. The first-order valence-electron chi connectivity index (χ1n) is 5.99. The van der Waals surface area contributed by atoms with E-state index >= 15 is 0 Å². The van der Waals surface area contributed by atoms with Gasteiger partial charge in [-0.05, 0) is 56.4 Å². The molecule has 1 unspecified atom stereocenters. The number of thioether (sulfide) groups is 1. The molecular weight excluding hydrogens is 236 g/mol. The standard InChI is InChI=1S/C13H16OS2/c1-13(6-3-7-15-13)12(14)11-8-9-4-2-5-10(9)16-11/h8H,2-7H2,1H3. The van der Waals surface area contributed by atoms with Crippen molar-refractivity contribution in [3.63, 3.8) is 0 Å². The Bertz CT molecular complexity index is 406. The van der Waals surface area contributed by atoms with Gasteiger partial charge in [0.2, 0.25) is 0 Å². The van der Waals surface area contributed by atoms with Crippen LogP contribution in [0.5, 0.6) is 0 Å². The largest absolute Gasteiger partial charge is 0.292 e. The average molecular weight is 252 g/mol. The van der Waals surface area contributed by atoms with Crippen LogP contribution in [0.1, 0.15) is 46.3 Å². The summed E-state index contributed by atoms with van der Waals surface area (Å²) in [6.45, 7) is 2.12. The molecule has 1 aromatic heterocycles. The van der Waals surface area contributed by atoms with Crippen molar-refractivity contribution in [1.29, 1.82) is 0 Å². The molecule has 1 nitrogen and oxygen atoms in total. The monoisotopic (exact) mass is 252 g/mol. The topological polar surface area (TPSA) is 17.1 Å². The molecule has 2 aliphatic rings. The third-order valence-electron chi connectivity index (χ3n) is 3.67. The number of aryl methyl sites for hydroxylation is 2. The zero-order chi connectivity index (χ0) is 11.2. The summed E-state index contributed by atoms with van der Waals surface area (Å²) in [7, 11) is 0. The van der Waals surface area contributed by atoms with Crippen LogP contribution in [-0.2, 0) is 12.8 Å². The van der Waals surface area contributed by atoms with E-state index in [1.165, 1.54) is 36.1 Å². The van der Waals surface area contributed by atoms with E-state index in [-0.39, 0.29) is 4.75 Å². The fraction of sp³-hybridized carbons (Fsp3) is 0.615. The first-order chi connectivity index (χ1) is 7.69. The van der Waals surface area contributed by atoms with Crippen molar-refractivity contribution in [2.45, 2.75) is 43.8 Å². The van der Waals surface area contributed by atoms with Crippen molar-refractivity contribution < 1.29 is 4.79 Å². The molecule has 0 amide bonds. The first kappa shape index (κ1) is 10.8. The molecule has 0 saturated carbocycles.